The maximum atomic E-state index is 11.3. The predicted octanol–water partition coefficient (Wildman–Crippen LogP) is 4.05. The monoisotopic (exact) mass is 514 g/mol. The van der Waals surface area contributed by atoms with Crippen LogP contribution in [0.3, 0.4) is 0 Å². The van der Waals surface area contributed by atoms with Gasteiger partial charge in [0, 0.05) is 13.2 Å². The fraction of sp³-hybridized carbons (Fsp3) is 0.846. The van der Waals surface area contributed by atoms with Crippen molar-refractivity contribution in [2.24, 2.45) is 23.7 Å². The molecule has 0 heterocycles. The largest absolute Gasteiger partial charge is 0.481 e. The van der Waals surface area contributed by atoms with Gasteiger partial charge < -0.3 is 29.9 Å². The summed E-state index contributed by atoms with van der Waals surface area (Å²) in [4.78, 5) is 45.1. The van der Waals surface area contributed by atoms with Gasteiger partial charge in [0.1, 0.15) is 0 Å². The van der Waals surface area contributed by atoms with Crippen molar-refractivity contribution in [1.29, 1.82) is 0 Å². The number of hydrogen-bond donors (Lipinski definition) is 4. The first-order chi connectivity index (χ1) is 17.2. The van der Waals surface area contributed by atoms with E-state index in [1.54, 1.807) is 0 Å². The van der Waals surface area contributed by atoms with Gasteiger partial charge in [-0.25, -0.2) is 0 Å². The number of hydrogen-bond acceptors (Lipinski definition) is 6. The Labute approximate surface area is 212 Å². The smallest absolute Gasteiger partial charge is 0.307 e. The lowest BCUT2D eigenvalue weighted by molar-refractivity contribution is -0.158. The zero-order chi connectivity index (χ0) is 26.5. The summed E-state index contributed by atoms with van der Waals surface area (Å²) in [5.41, 5.74) is 0. The molecule has 4 N–H and O–H groups in total. The van der Waals surface area contributed by atoms with Crippen molar-refractivity contribution in [2.75, 3.05) is 13.2 Å². The van der Waals surface area contributed by atoms with Gasteiger partial charge in [0.25, 0.3) is 0 Å². The summed E-state index contributed by atoms with van der Waals surface area (Å²) in [6.07, 6.45) is 10.4. The van der Waals surface area contributed by atoms with Crippen LogP contribution in [-0.4, -0.2) is 69.7 Å². The highest BCUT2D eigenvalue weighted by Gasteiger charge is 2.40. The second-order valence-corrected chi connectivity index (χ2v) is 10.2. The van der Waals surface area contributed by atoms with Gasteiger partial charge in [0.2, 0.25) is 0 Å². The molecule has 36 heavy (non-hydrogen) atoms. The number of carboxylic acid groups (broad SMARTS) is 4. The molecule has 0 radical (unpaired) electrons. The summed E-state index contributed by atoms with van der Waals surface area (Å²) >= 11 is 0. The fourth-order valence-electron chi connectivity index (χ4n) is 5.47. The molecule has 2 fully saturated rings. The molecular formula is C26H42O10. The second kappa shape index (κ2) is 15.8. The fourth-order valence-corrected chi connectivity index (χ4v) is 5.47. The Bertz CT molecular complexity index is 664. The molecule has 0 bridgehead atoms. The third kappa shape index (κ3) is 10.0. The molecule has 10 nitrogen and oxygen atoms in total. The average Bonchev–Trinajstić information content (AvgIpc) is 2.84. The van der Waals surface area contributed by atoms with Gasteiger partial charge in [0.05, 0.1) is 35.9 Å². The van der Waals surface area contributed by atoms with Crippen molar-refractivity contribution in [3.8, 4) is 0 Å². The third-order valence-electron chi connectivity index (χ3n) is 7.62. The highest BCUT2D eigenvalue weighted by Crippen LogP contribution is 2.33. The van der Waals surface area contributed by atoms with Gasteiger partial charge in [-0.3, -0.25) is 19.2 Å². The van der Waals surface area contributed by atoms with Crippen LogP contribution >= 0.6 is 0 Å². The van der Waals surface area contributed by atoms with E-state index in [1.807, 2.05) is 0 Å². The SMILES string of the molecule is O=C(O)C1CCC(OCCCCCCCCCCOC2CCC(C(=O)O)C(C(=O)O)C2)CC1C(=O)O. The molecule has 0 amide bonds. The molecule has 2 aliphatic rings. The van der Waals surface area contributed by atoms with E-state index in [1.165, 1.54) is 0 Å². The minimum atomic E-state index is -1.06. The number of rotatable bonds is 17. The van der Waals surface area contributed by atoms with E-state index < -0.39 is 47.5 Å². The van der Waals surface area contributed by atoms with Crippen LogP contribution in [0.4, 0.5) is 0 Å². The van der Waals surface area contributed by atoms with Crippen LogP contribution < -0.4 is 0 Å². The van der Waals surface area contributed by atoms with Crippen molar-refractivity contribution in [3.05, 3.63) is 0 Å². The quantitative estimate of drug-likeness (QED) is 0.208. The van der Waals surface area contributed by atoms with Gasteiger partial charge >= 0.3 is 23.9 Å². The highest BCUT2D eigenvalue weighted by atomic mass is 16.5. The van der Waals surface area contributed by atoms with Crippen molar-refractivity contribution in [3.63, 3.8) is 0 Å². The first kappa shape index (κ1) is 30.0. The Morgan fingerprint density at radius 2 is 0.778 bits per heavy atom. The van der Waals surface area contributed by atoms with Gasteiger partial charge in [-0.1, -0.05) is 38.5 Å². The third-order valence-corrected chi connectivity index (χ3v) is 7.62. The molecule has 0 aromatic rings. The van der Waals surface area contributed by atoms with Crippen molar-refractivity contribution >= 4 is 23.9 Å². The highest BCUT2D eigenvalue weighted by molar-refractivity contribution is 5.80. The van der Waals surface area contributed by atoms with Crippen LogP contribution in [0.5, 0.6) is 0 Å². The van der Waals surface area contributed by atoms with Gasteiger partial charge in [-0.2, -0.15) is 0 Å². The van der Waals surface area contributed by atoms with E-state index >= 15 is 0 Å². The molecule has 10 heteroatoms. The van der Waals surface area contributed by atoms with E-state index in [2.05, 4.69) is 0 Å². The number of aliphatic carboxylic acids is 4. The lowest BCUT2D eigenvalue weighted by Gasteiger charge is -2.31. The Morgan fingerprint density at radius 1 is 0.472 bits per heavy atom. The van der Waals surface area contributed by atoms with Gasteiger partial charge in [-0.15, -0.1) is 0 Å². The normalized spacial score (nSPS) is 28.4. The molecule has 0 aliphatic heterocycles. The van der Waals surface area contributed by atoms with Crippen LogP contribution in [-0.2, 0) is 28.7 Å². The van der Waals surface area contributed by atoms with Crippen LogP contribution in [0, 0.1) is 23.7 Å². The van der Waals surface area contributed by atoms with E-state index in [-0.39, 0.29) is 25.0 Å². The molecule has 2 saturated carbocycles. The Kier molecular flexibility index (Phi) is 13.2. The van der Waals surface area contributed by atoms with Crippen molar-refractivity contribution in [1.82, 2.24) is 0 Å². The average molecular weight is 515 g/mol. The van der Waals surface area contributed by atoms with Gasteiger partial charge in [-0.05, 0) is 51.4 Å². The zero-order valence-electron chi connectivity index (χ0n) is 21.0. The van der Waals surface area contributed by atoms with E-state index in [9.17, 15) is 39.6 Å². The molecule has 2 aliphatic carbocycles. The molecule has 6 unspecified atom stereocenters. The van der Waals surface area contributed by atoms with Gasteiger partial charge in [0.15, 0.2) is 0 Å². The number of carbonyl (C=O) groups is 4. The lowest BCUT2D eigenvalue weighted by Crippen LogP contribution is -2.38. The summed E-state index contributed by atoms with van der Waals surface area (Å²) in [5.74, 6) is -7.59. The molecule has 0 spiro atoms. The Morgan fingerprint density at radius 3 is 1.08 bits per heavy atom. The zero-order valence-corrected chi connectivity index (χ0v) is 21.0. The summed E-state index contributed by atoms with van der Waals surface area (Å²) in [5, 5.41) is 36.9. The summed E-state index contributed by atoms with van der Waals surface area (Å²) in [6, 6.07) is 0. The number of unbranched alkanes of at least 4 members (excludes halogenated alkanes) is 7. The molecule has 6 atom stereocenters. The summed E-state index contributed by atoms with van der Waals surface area (Å²) in [7, 11) is 0. The first-order valence-electron chi connectivity index (χ1n) is 13.3. The van der Waals surface area contributed by atoms with E-state index in [4.69, 9.17) is 9.47 Å². The molecular weight excluding hydrogens is 472 g/mol. The lowest BCUT2D eigenvalue weighted by atomic mass is 9.78. The van der Waals surface area contributed by atoms with Crippen molar-refractivity contribution < 1.29 is 49.1 Å². The summed E-state index contributed by atoms with van der Waals surface area (Å²) < 4.78 is 11.6. The van der Waals surface area contributed by atoms with Crippen LogP contribution in [0.2, 0.25) is 0 Å². The molecule has 2 rings (SSSR count). The number of ether oxygens (including phenoxy) is 2. The van der Waals surface area contributed by atoms with Crippen LogP contribution in [0.25, 0.3) is 0 Å². The topological polar surface area (TPSA) is 168 Å². The molecule has 0 aromatic carbocycles. The first-order valence-corrected chi connectivity index (χ1v) is 13.3. The Balaban J connectivity index is 1.43. The Hall–Kier alpha value is -2.20. The minimum Gasteiger partial charge on any atom is -0.481 e. The van der Waals surface area contributed by atoms with E-state index in [0.29, 0.717) is 38.9 Å². The van der Waals surface area contributed by atoms with Crippen LogP contribution in [0.1, 0.15) is 89.9 Å². The minimum absolute atomic E-state index is 0.175. The number of carboxylic acids is 4. The summed E-state index contributed by atoms with van der Waals surface area (Å²) in [6.45, 7) is 1.15. The maximum Gasteiger partial charge on any atom is 0.307 e. The van der Waals surface area contributed by atoms with Crippen molar-refractivity contribution in [2.45, 2.75) is 102 Å². The predicted molar refractivity (Wildman–Crippen MR) is 129 cm³/mol. The van der Waals surface area contributed by atoms with Crippen LogP contribution in [0.15, 0.2) is 0 Å². The second-order valence-electron chi connectivity index (χ2n) is 10.2. The molecule has 206 valence electrons. The molecule has 0 aromatic heterocycles. The molecule has 0 saturated heterocycles. The standard InChI is InChI=1S/C26H42O10/c27-23(28)19-11-9-17(15-21(19)25(31)32)35-13-7-5-3-1-2-4-6-8-14-36-18-10-12-20(24(29)30)22(16-18)26(33)34/h17-22H,1-16H2,(H,27,28)(H,29,30)(H,31,32)(H,33,34). The maximum absolute atomic E-state index is 11.3. The van der Waals surface area contributed by atoms with E-state index in [0.717, 1.165) is 51.4 Å².